The predicted octanol–water partition coefficient (Wildman–Crippen LogP) is 3.90. The molecule has 0 atom stereocenters. The van der Waals surface area contributed by atoms with Gasteiger partial charge in [0.25, 0.3) is 10.0 Å². The molecule has 10 heteroatoms. The summed E-state index contributed by atoms with van der Waals surface area (Å²) in [6.07, 6.45) is 0. The Hall–Kier alpha value is -2.85. The van der Waals surface area contributed by atoms with Crippen molar-refractivity contribution in [3.8, 4) is 5.75 Å². The molecule has 0 radical (unpaired) electrons. The van der Waals surface area contributed by atoms with E-state index in [0.29, 0.717) is 17.1 Å². The average Bonchev–Trinajstić information content (AvgIpc) is 3.07. The highest BCUT2D eigenvalue weighted by molar-refractivity contribution is 9.10. The van der Waals surface area contributed by atoms with Crippen LogP contribution >= 0.6 is 15.9 Å². The van der Waals surface area contributed by atoms with Gasteiger partial charge in [0.2, 0.25) is 5.91 Å². The minimum Gasteiger partial charge on any atom is -0.497 e. The van der Waals surface area contributed by atoms with Crippen molar-refractivity contribution in [2.24, 2.45) is 0 Å². The first-order valence-corrected chi connectivity index (χ1v) is 11.1. The first-order chi connectivity index (χ1) is 14.2. The van der Waals surface area contributed by atoms with Crippen molar-refractivity contribution in [2.75, 3.05) is 23.3 Å². The second-order valence-electron chi connectivity index (χ2n) is 6.42. The molecular weight excluding hydrogens is 474 g/mol. The Labute approximate surface area is 183 Å². The van der Waals surface area contributed by atoms with E-state index in [1.807, 2.05) is 0 Å². The van der Waals surface area contributed by atoms with Crippen molar-refractivity contribution in [2.45, 2.75) is 18.7 Å². The van der Waals surface area contributed by atoms with Gasteiger partial charge in [-0.15, -0.1) is 0 Å². The molecule has 0 aliphatic heterocycles. The van der Waals surface area contributed by atoms with Crippen LogP contribution in [-0.4, -0.2) is 33.1 Å². The summed E-state index contributed by atoms with van der Waals surface area (Å²) in [4.78, 5) is 12.6. The van der Waals surface area contributed by atoms with Gasteiger partial charge in [0.05, 0.1) is 12.8 Å². The van der Waals surface area contributed by atoms with E-state index in [-0.39, 0.29) is 16.3 Å². The van der Waals surface area contributed by atoms with Crippen LogP contribution in [0.25, 0.3) is 0 Å². The van der Waals surface area contributed by atoms with E-state index in [9.17, 15) is 13.2 Å². The van der Waals surface area contributed by atoms with Gasteiger partial charge in [0.1, 0.15) is 18.0 Å². The number of rotatable bonds is 7. The molecule has 8 nitrogen and oxygen atoms in total. The maximum absolute atomic E-state index is 13.4. The minimum absolute atomic E-state index is 0.0604. The largest absolute Gasteiger partial charge is 0.497 e. The Balaban J connectivity index is 1.96. The maximum Gasteiger partial charge on any atom is 0.270 e. The monoisotopic (exact) mass is 493 g/mol. The summed E-state index contributed by atoms with van der Waals surface area (Å²) in [7, 11) is -2.60. The number of ether oxygens (including phenoxy) is 1. The second kappa shape index (κ2) is 8.88. The van der Waals surface area contributed by atoms with Gasteiger partial charge in [-0.05, 0) is 62.4 Å². The lowest BCUT2D eigenvalue weighted by Crippen LogP contribution is -2.38. The zero-order valence-corrected chi connectivity index (χ0v) is 19.0. The Morgan fingerprint density at radius 1 is 1.13 bits per heavy atom. The number of anilines is 2. The molecule has 1 N–H and O–H groups in total. The maximum atomic E-state index is 13.4. The van der Waals surface area contributed by atoms with Crippen LogP contribution in [0.5, 0.6) is 5.75 Å². The van der Waals surface area contributed by atoms with Crippen molar-refractivity contribution in [1.82, 2.24) is 5.16 Å². The number of hydrogen-bond acceptors (Lipinski definition) is 6. The molecule has 158 valence electrons. The predicted molar refractivity (Wildman–Crippen MR) is 116 cm³/mol. The molecule has 3 aromatic rings. The van der Waals surface area contributed by atoms with E-state index in [0.717, 1.165) is 8.78 Å². The molecule has 0 fully saturated rings. The quantitative estimate of drug-likeness (QED) is 0.535. The summed E-state index contributed by atoms with van der Waals surface area (Å²) in [5.74, 6) is 0.218. The SMILES string of the molecule is COc1ccc(N(CC(=O)Nc2ccc(Br)cc2)S(=O)(=O)c2c(C)noc2C)cc1. The number of amides is 1. The molecule has 0 saturated heterocycles. The Bertz CT molecular complexity index is 1120. The third-order valence-electron chi connectivity index (χ3n) is 4.29. The first kappa shape index (κ1) is 21.8. The Morgan fingerprint density at radius 3 is 2.30 bits per heavy atom. The Kier molecular flexibility index (Phi) is 6.47. The van der Waals surface area contributed by atoms with Crippen LogP contribution in [0, 0.1) is 13.8 Å². The number of sulfonamides is 1. The summed E-state index contributed by atoms with van der Waals surface area (Å²) in [5.41, 5.74) is 1.08. The molecular formula is C20H20BrN3O5S. The lowest BCUT2D eigenvalue weighted by atomic mass is 10.3. The summed E-state index contributed by atoms with van der Waals surface area (Å²) < 4.78 is 38.9. The molecule has 0 aliphatic carbocycles. The van der Waals surface area contributed by atoms with Crippen LogP contribution < -0.4 is 14.4 Å². The van der Waals surface area contributed by atoms with Crippen molar-refractivity contribution in [3.05, 3.63) is 64.5 Å². The van der Waals surface area contributed by atoms with Gasteiger partial charge in [0.15, 0.2) is 10.7 Å². The van der Waals surface area contributed by atoms with E-state index < -0.39 is 22.5 Å². The zero-order valence-electron chi connectivity index (χ0n) is 16.5. The topological polar surface area (TPSA) is 102 Å². The van der Waals surface area contributed by atoms with Crippen LogP contribution in [0.3, 0.4) is 0 Å². The van der Waals surface area contributed by atoms with Crippen molar-refractivity contribution >= 4 is 43.2 Å². The molecule has 2 aromatic carbocycles. The number of carbonyl (C=O) groups is 1. The van der Waals surface area contributed by atoms with Crippen LogP contribution in [-0.2, 0) is 14.8 Å². The normalized spacial score (nSPS) is 11.2. The highest BCUT2D eigenvalue weighted by Crippen LogP contribution is 2.29. The zero-order chi connectivity index (χ0) is 21.9. The third-order valence-corrected chi connectivity index (χ3v) is 6.84. The summed E-state index contributed by atoms with van der Waals surface area (Å²) in [6.45, 7) is 2.62. The van der Waals surface area contributed by atoms with E-state index >= 15 is 0 Å². The van der Waals surface area contributed by atoms with Crippen LogP contribution in [0.15, 0.2) is 62.4 Å². The number of nitrogens with one attached hydrogen (secondary N) is 1. The summed E-state index contributed by atoms with van der Waals surface area (Å²) in [5, 5.41) is 6.44. The minimum atomic E-state index is -4.12. The van der Waals surface area contributed by atoms with E-state index in [1.165, 1.54) is 21.0 Å². The fraction of sp³-hybridized carbons (Fsp3) is 0.200. The van der Waals surface area contributed by atoms with E-state index in [4.69, 9.17) is 9.26 Å². The highest BCUT2D eigenvalue weighted by atomic mass is 79.9. The number of methoxy groups -OCH3 is 1. The molecule has 0 saturated carbocycles. The van der Waals surface area contributed by atoms with Gasteiger partial charge >= 0.3 is 0 Å². The smallest absolute Gasteiger partial charge is 0.270 e. The van der Waals surface area contributed by atoms with E-state index in [1.54, 1.807) is 48.5 Å². The number of aryl methyl sites for hydroxylation is 2. The van der Waals surface area contributed by atoms with Gasteiger partial charge in [-0.25, -0.2) is 8.42 Å². The van der Waals surface area contributed by atoms with Crippen molar-refractivity contribution < 1.29 is 22.5 Å². The number of aromatic nitrogens is 1. The molecule has 1 heterocycles. The Morgan fingerprint density at radius 2 is 1.77 bits per heavy atom. The first-order valence-electron chi connectivity index (χ1n) is 8.87. The van der Waals surface area contributed by atoms with Gasteiger partial charge in [-0.3, -0.25) is 9.10 Å². The average molecular weight is 494 g/mol. The highest BCUT2D eigenvalue weighted by Gasteiger charge is 2.32. The van der Waals surface area contributed by atoms with Gasteiger partial charge < -0.3 is 14.6 Å². The lowest BCUT2D eigenvalue weighted by Gasteiger charge is -2.24. The fourth-order valence-electron chi connectivity index (χ4n) is 2.88. The lowest BCUT2D eigenvalue weighted by molar-refractivity contribution is -0.114. The van der Waals surface area contributed by atoms with Crippen LogP contribution in [0.4, 0.5) is 11.4 Å². The summed E-state index contributed by atoms with van der Waals surface area (Å²) >= 11 is 3.33. The number of hydrogen-bond donors (Lipinski definition) is 1. The van der Waals surface area contributed by atoms with Crippen LogP contribution in [0.2, 0.25) is 0 Å². The molecule has 0 aliphatic rings. The van der Waals surface area contributed by atoms with Gasteiger partial charge in [0, 0.05) is 10.2 Å². The molecule has 1 amide bonds. The fourth-order valence-corrected chi connectivity index (χ4v) is 4.86. The number of halogens is 1. The van der Waals surface area contributed by atoms with Gasteiger partial charge in [-0.1, -0.05) is 21.1 Å². The molecule has 3 rings (SSSR count). The van der Waals surface area contributed by atoms with E-state index in [2.05, 4.69) is 26.4 Å². The number of nitrogens with zero attached hydrogens (tertiary/aromatic N) is 2. The summed E-state index contributed by atoms with van der Waals surface area (Å²) in [6, 6.07) is 13.4. The van der Waals surface area contributed by atoms with Crippen molar-refractivity contribution in [1.29, 1.82) is 0 Å². The molecule has 0 unspecified atom stereocenters. The second-order valence-corrected chi connectivity index (χ2v) is 9.13. The number of carbonyl (C=O) groups excluding carboxylic acids is 1. The van der Waals surface area contributed by atoms with Crippen LogP contribution in [0.1, 0.15) is 11.5 Å². The standard InChI is InChI=1S/C20H20BrN3O5S/c1-13-20(14(2)29-23-13)30(26,27)24(17-8-10-18(28-3)11-9-17)12-19(25)22-16-6-4-15(21)5-7-16/h4-11H,12H2,1-3H3,(H,22,25). The molecule has 0 spiro atoms. The molecule has 0 bridgehead atoms. The molecule has 1 aromatic heterocycles. The third kappa shape index (κ3) is 4.65. The molecule has 30 heavy (non-hydrogen) atoms. The van der Waals surface area contributed by atoms with Gasteiger partial charge in [-0.2, -0.15) is 0 Å². The number of benzene rings is 2. The van der Waals surface area contributed by atoms with Crippen molar-refractivity contribution in [3.63, 3.8) is 0 Å².